The van der Waals surface area contributed by atoms with Crippen molar-refractivity contribution in [3.63, 3.8) is 0 Å². The summed E-state index contributed by atoms with van der Waals surface area (Å²) in [6.45, 7) is 3.60. The van der Waals surface area contributed by atoms with Gasteiger partial charge in [-0.25, -0.2) is 5.43 Å². The highest BCUT2D eigenvalue weighted by Gasteiger charge is 2.40. The van der Waals surface area contributed by atoms with Gasteiger partial charge in [0.05, 0.1) is 4.92 Å². The van der Waals surface area contributed by atoms with E-state index in [-0.39, 0.29) is 11.6 Å². The Balaban J connectivity index is 1.66. The van der Waals surface area contributed by atoms with Crippen LogP contribution in [-0.4, -0.2) is 16.5 Å². The molecule has 1 N–H and O–H groups in total. The van der Waals surface area contributed by atoms with E-state index >= 15 is 0 Å². The highest BCUT2D eigenvalue weighted by atomic mass is 16.6. The highest BCUT2D eigenvalue weighted by Crippen LogP contribution is 2.48. The van der Waals surface area contributed by atoms with Crippen molar-refractivity contribution in [2.24, 2.45) is 22.9 Å². The molecule has 0 spiro atoms. The maximum absolute atomic E-state index is 12.2. The number of rotatable bonds is 4. The van der Waals surface area contributed by atoms with Crippen LogP contribution in [0, 0.1) is 34.8 Å². The van der Waals surface area contributed by atoms with Crippen molar-refractivity contribution in [2.75, 3.05) is 0 Å². The summed E-state index contributed by atoms with van der Waals surface area (Å²) in [4.78, 5) is 22.5. The Hall–Kier alpha value is -2.24. The van der Waals surface area contributed by atoms with Gasteiger partial charge in [0.1, 0.15) is 0 Å². The van der Waals surface area contributed by atoms with Crippen LogP contribution in [0.1, 0.15) is 48.5 Å². The molecule has 2 saturated carbocycles. The first-order valence-electron chi connectivity index (χ1n) is 8.05. The van der Waals surface area contributed by atoms with Gasteiger partial charge >= 0.3 is 0 Å². The summed E-state index contributed by atoms with van der Waals surface area (Å²) in [5, 5.41) is 15.1. The maximum atomic E-state index is 12.2. The molecular weight excluding hydrogens is 294 g/mol. The van der Waals surface area contributed by atoms with Crippen LogP contribution in [-0.2, 0) is 0 Å². The molecule has 0 saturated heterocycles. The summed E-state index contributed by atoms with van der Waals surface area (Å²) >= 11 is 0. The lowest BCUT2D eigenvalue weighted by atomic mass is 9.86. The van der Waals surface area contributed by atoms with Crippen molar-refractivity contribution in [3.8, 4) is 0 Å². The Morgan fingerprint density at radius 2 is 2.13 bits per heavy atom. The van der Waals surface area contributed by atoms with E-state index in [0.29, 0.717) is 17.0 Å². The molecular formula is C17H21N3O3. The minimum absolute atomic E-state index is 0.0169. The number of nitrogens with one attached hydrogen (secondary N) is 1. The SMILES string of the molecule is C/C(=N\NC(=O)c1ccc([N+](=O)[O-])c(C)c1)[C@@H]1C[C@H]2CC[C@@H]1C2. The summed E-state index contributed by atoms with van der Waals surface area (Å²) in [6, 6.07) is 4.34. The molecule has 2 aliphatic rings. The average Bonchev–Trinajstić information content (AvgIpc) is 3.14. The predicted molar refractivity (Wildman–Crippen MR) is 87.3 cm³/mol. The van der Waals surface area contributed by atoms with Gasteiger partial charge in [-0.2, -0.15) is 5.10 Å². The van der Waals surface area contributed by atoms with E-state index in [4.69, 9.17) is 0 Å². The number of fused-ring (bicyclic) bond motifs is 2. The van der Waals surface area contributed by atoms with Crippen molar-refractivity contribution < 1.29 is 9.72 Å². The second-order valence-corrected chi connectivity index (χ2v) is 6.73. The summed E-state index contributed by atoms with van der Waals surface area (Å²) < 4.78 is 0. The fourth-order valence-corrected chi connectivity index (χ4v) is 4.04. The summed E-state index contributed by atoms with van der Waals surface area (Å²) in [5.41, 5.74) is 4.45. The van der Waals surface area contributed by atoms with Gasteiger partial charge in [-0.3, -0.25) is 14.9 Å². The van der Waals surface area contributed by atoms with E-state index in [1.807, 2.05) is 6.92 Å². The molecule has 0 unspecified atom stereocenters. The number of nitro benzene ring substituents is 1. The molecule has 0 aliphatic heterocycles. The van der Waals surface area contributed by atoms with Crippen molar-refractivity contribution >= 4 is 17.3 Å². The molecule has 0 heterocycles. The van der Waals surface area contributed by atoms with E-state index in [2.05, 4.69) is 10.5 Å². The van der Waals surface area contributed by atoms with Gasteiger partial charge in [-0.05, 0) is 57.1 Å². The zero-order valence-corrected chi connectivity index (χ0v) is 13.4. The molecule has 0 aromatic heterocycles. The van der Waals surface area contributed by atoms with Gasteiger partial charge in [0, 0.05) is 28.8 Å². The number of amides is 1. The van der Waals surface area contributed by atoms with Gasteiger partial charge in [-0.1, -0.05) is 6.42 Å². The summed E-state index contributed by atoms with van der Waals surface area (Å²) in [5.74, 6) is 1.73. The van der Waals surface area contributed by atoms with E-state index in [1.54, 1.807) is 6.92 Å². The largest absolute Gasteiger partial charge is 0.272 e. The number of hydrogen-bond acceptors (Lipinski definition) is 4. The molecule has 3 atom stereocenters. The molecule has 23 heavy (non-hydrogen) atoms. The lowest BCUT2D eigenvalue weighted by molar-refractivity contribution is -0.385. The first-order valence-corrected chi connectivity index (χ1v) is 8.05. The van der Waals surface area contributed by atoms with Gasteiger partial charge in [0.15, 0.2) is 0 Å². The maximum Gasteiger partial charge on any atom is 0.272 e. The number of carbonyl (C=O) groups is 1. The van der Waals surface area contributed by atoms with Crippen LogP contribution in [0.25, 0.3) is 0 Å². The van der Waals surface area contributed by atoms with Gasteiger partial charge in [0.25, 0.3) is 11.6 Å². The molecule has 0 radical (unpaired) electrons. The first-order chi connectivity index (χ1) is 11.0. The molecule has 1 aromatic carbocycles. The Bertz CT molecular complexity index is 684. The van der Waals surface area contributed by atoms with Gasteiger partial charge in [-0.15, -0.1) is 0 Å². The quantitative estimate of drug-likeness (QED) is 0.524. The molecule has 2 aliphatic carbocycles. The summed E-state index contributed by atoms with van der Waals surface area (Å²) in [6.07, 6.45) is 5.10. The van der Waals surface area contributed by atoms with Crippen LogP contribution in [0.4, 0.5) is 5.69 Å². The molecule has 6 heteroatoms. The lowest BCUT2D eigenvalue weighted by Crippen LogP contribution is -2.24. The second kappa shape index (κ2) is 6.10. The van der Waals surface area contributed by atoms with Gasteiger partial charge < -0.3 is 0 Å². The third-order valence-electron chi connectivity index (χ3n) is 5.26. The normalized spacial score (nSPS) is 26.3. The van der Waals surface area contributed by atoms with E-state index in [1.165, 1.54) is 43.9 Å². The number of nitrogens with zero attached hydrogens (tertiary/aromatic N) is 2. The fraction of sp³-hybridized carbons (Fsp3) is 0.529. The highest BCUT2D eigenvalue weighted by molar-refractivity contribution is 5.96. The molecule has 1 amide bonds. The van der Waals surface area contributed by atoms with Gasteiger partial charge in [0.2, 0.25) is 0 Å². The molecule has 2 bridgehead atoms. The van der Waals surface area contributed by atoms with Crippen molar-refractivity contribution in [2.45, 2.75) is 39.5 Å². The number of carbonyl (C=O) groups excluding carboxylic acids is 1. The van der Waals surface area contributed by atoms with E-state index in [9.17, 15) is 14.9 Å². The predicted octanol–water partition coefficient (Wildman–Crippen LogP) is 3.45. The fourth-order valence-electron chi connectivity index (χ4n) is 4.04. The molecule has 1 aromatic rings. The minimum Gasteiger partial charge on any atom is -0.267 e. The van der Waals surface area contributed by atoms with Crippen LogP contribution >= 0.6 is 0 Å². The topological polar surface area (TPSA) is 84.6 Å². The van der Waals surface area contributed by atoms with Crippen LogP contribution in [0.3, 0.4) is 0 Å². The van der Waals surface area contributed by atoms with Crippen molar-refractivity contribution in [1.29, 1.82) is 0 Å². The Morgan fingerprint density at radius 3 is 2.70 bits per heavy atom. The molecule has 6 nitrogen and oxygen atoms in total. The third kappa shape index (κ3) is 3.11. The molecule has 2 fully saturated rings. The van der Waals surface area contributed by atoms with Crippen molar-refractivity contribution in [1.82, 2.24) is 5.43 Å². The average molecular weight is 315 g/mol. The van der Waals surface area contributed by atoms with Crippen LogP contribution < -0.4 is 5.43 Å². The number of hydrazone groups is 1. The standard InChI is InChI=1S/C17H21N3O3/c1-10-7-14(5-6-16(10)20(22)23)17(21)19-18-11(2)15-9-12-3-4-13(15)8-12/h5-7,12-13,15H,3-4,8-9H2,1-2H3,(H,19,21)/b18-11+/t12-,13+,15-/m0/s1. The van der Waals surface area contributed by atoms with Crippen LogP contribution in [0.15, 0.2) is 23.3 Å². The van der Waals surface area contributed by atoms with Crippen molar-refractivity contribution in [3.05, 3.63) is 39.4 Å². The third-order valence-corrected chi connectivity index (χ3v) is 5.26. The summed E-state index contributed by atoms with van der Waals surface area (Å²) in [7, 11) is 0. The Kier molecular flexibility index (Phi) is 4.15. The number of aryl methyl sites for hydroxylation is 1. The Morgan fingerprint density at radius 1 is 1.35 bits per heavy atom. The van der Waals surface area contributed by atoms with E-state index in [0.717, 1.165) is 17.5 Å². The second-order valence-electron chi connectivity index (χ2n) is 6.73. The number of hydrogen-bond donors (Lipinski definition) is 1. The monoisotopic (exact) mass is 315 g/mol. The molecule has 122 valence electrons. The molecule has 3 rings (SSSR count). The number of benzene rings is 1. The first kappa shape index (κ1) is 15.6. The van der Waals surface area contributed by atoms with Crippen LogP contribution in [0.2, 0.25) is 0 Å². The lowest BCUT2D eigenvalue weighted by Gasteiger charge is -2.21. The zero-order valence-electron chi connectivity index (χ0n) is 13.4. The minimum atomic E-state index is -0.450. The Labute approximate surface area is 135 Å². The van der Waals surface area contributed by atoms with Crippen LogP contribution in [0.5, 0.6) is 0 Å². The smallest absolute Gasteiger partial charge is 0.267 e. The van der Waals surface area contributed by atoms with E-state index < -0.39 is 4.92 Å². The number of nitro groups is 1. The zero-order chi connectivity index (χ0) is 16.6.